The Hall–Kier alpha value is -2.50. The first-order chi connectivity index (χ1) is 14.3. The second kappa shape index (κ2) is 10.0. The van der Waals surface area contributed by atoms with E-state index in [2.05, 4.69) is 10.6 Å². The minimum atomic E-state index is -0.668. The predicted octanol–water partition coefficient (Wildman–Crippen LogP) is 6.96. The highest BCUT2D eigenvalue weighted by molar-refractivity contribution is 6.38. The average molecular weight is 480 g/mol. The number of carbonyl (C=O) groups is 2. The molecule has 0 aliphatic heterocycles. The Morgan fingerprint density at radius 3 is 1.63 bits per heavy atom. The fourth-order valence-corrected chi connectivity index (χ4v) is 3.34. The van der Waals surface area contributed by atoms with Crippen LogP contribution < -0.4 is 10.6 Å². The summed E-state index contributed by atoms with van der Waals surface area (Å²) < 4.78 is 0. The Morgan fingerprint density at radius 2 is 1.17 bits per heavy atom. The maximum absolute atomic E-state index is 13.0. The van der Waals surface area contributed by atoms with E-state index in [0.29, 0.717) is 32.0 Å². The van der Waals surface area contributed by atoms with E-state index in [1.165, 1.54) is 12.1 Å². The standard InChI is InChI=1S/C22H14Cl4N2O2/c23-14-10-9-13(18(26)12-14)11-15(21(29)27-19-7-3-1-5-16(19)24)22(30)28-20-8-4-2-6-17(20)25/h1-12H,(H,27,29)(H,28,30). The number of hydrogen-bond acceptors (Lipinski definition) is 2. The minimum absolute atomic E-state index is 0.195. The van der Waals surface area contributed by atoms with Crippen molar-refractivity contribution in [2.75, 3.05) is 10.6 Å². The Morgan fingerprint density at radius 1 is 0.667 bits per heavy atom. The third kappa shape index (κ3) is 5.55. The lowest BCUT2D eigenvalue weighted by Crippen LogP contribution is -2.25. The normalized spacial score (nSPS) is 10.3. The number of anilines is 2. The molecule has 0 bridgehead atoms. The molecule has 2 amide bonds. The van der Waals surface area contributed by atoms with Gasteiger partial charge >= 0.3 is 0 Å². The summed E-state index contributed by atoms with van der Waals surface area (Å²) in [5, 5.41) is 6.67. The van der Waals surface area contributed by atoms with Crippen LogP contribution in [0.25, 0.3) is 6.08 Å². The minimum Gasteiger partial charge on any atom is -0.320 e. The largest absolute Gasteiger partial charge is 0.320 e. The van der Waals surface area contributed by atoms with Crippen molar-refractivity contribution >= 4 is 75.7 Å². The van der Waals surface area contributed by atoms with Crippen LogP contribution in [0.4, 0.5) is 11.4 Å². The summed E-state index contributed by atoms with van der Waals surface area (Å²) in [5.74, 6) is -1.34. The van der Waals surface area contributed by atoms with Gasteiger partial charge in [0.1, 0.15) is 5.57 Å². The van der Waals surface area contributed by atoms with Crippen molar-refractivity contribution in [3.8, 4) is 0 Å². The molecule has 0 radical (unpaired) electrons. The zero-order valence-corrected chi connectivity index (χ0v) is 18.3. The Balaban J connectivity index is 1.98. The molecular weight excluding hydrogens is 466 g/mol. The zero-order chi connectivity index (χ0) is 21.7. The third-order valence-corrected chi connectivity index (χ3v) is 5.22. The van der Waals surface area contributed by atoms with Gasteiger partial charge in [0.25, 0.3) is 11.8 Å². The predicted molar refractivity (Wildman–Crippen MR) is 125 cm³/mol. The molecule has 0 aliphatic carbocycles. The summed E-state index contributed by atoms with van der Waals surface area (Å²) in [4.78, 5) is 25.9. The molecule has 0 saturated heterocycles. The number of carbonyl (C=O) groups excluding carboxylic acids is 2. The van der Waals surface area contributed by atoms with Gasteiger partial charge in [0.05, 0.1) is 21.4 Å². The lowest BCUT2D eigenvalue weighted by Gasteiger charge is -2.12. The van der Waals surface area contributed by atoms with Crippen LogP contribution in [-0.2, 0) is 9.59 Å². The van der Waals surface area contributed by atoms with Crippen molar-refractivity contribution in [2.24, 2.45) is 0 Å². The van der Waals surface area contributed by atoms with Gasteiger partial charge in [-0.25, -0.2) is 0 Å². The molecule has 0 heterocycles. The van der Waals surface area contributed by atoms with Crippen molar-refractivity contribution in [3.05, 3.63) is 98.0 Å². The number of benzene rings is 3. The molecule has 0 saturated carbocycles. The lowest BCUT2D eigenvalue weighted by atomic mass is 10.1. The van der Waals surface area contributed by atoms with E-state index < -0.39 is 11.8 Å². The van der Waals surface area contributed by atoms with Gasteiger partial charge in [0, 0.05) is 10.0 Å². The van der Waals surface area contributed by atoms with Crippen LogP contribution in [0.3, 0.4) is 0 Å². The molecule has 0 fully saturated rings. The number of halogens is 4. The molecular formula is C22H14Cl4N2O2. The molecule has 3 aromatic rings. The van der Waals surface area contributed by atoms with Crippen molar-refractivity contribution in [1.29, 1.82) is 0 Å². The second-order valence-corrected chi connectivity index (χ2v) is 7.75. The third-order valence-electron chi connectivity index (χ3n) is 4.00. The molecule has 2 N–H and O–H groups in total. The van der Waals surface area contributed by atoms with E-state index in [1.54, 1.807) is 60.7 Å². The molecule has 3 aromatic carbocycles. The van der Waals surface area contributed by atoms with Crippen LogP contribution in [0.1, 0.15) is 5.56 Å². The van der Waals surface area contributed by atoms with E-state index >= 15 is 0 Å². The van der Waals surface area contributed by atoms with Crippen molar-refractivity contribution in [1.82, 2.24) is 0 Å². The topological polar surface area (TPSA) is 58.2 Å². The van der Waals surface area contributed by atoms with Crippen LogP contribution in [0, 0.1) is 0 Å². The van der Waals surface area contributed by atoms with E-state index in [9.17, 15) is 9.59 Å². The van der Waals surface area contributed by atoms with E-state index in [1.807, 2.05) is 0 Å². The molecule has 30 heavy (non-hydrogen) atoms. The van der Waals surface area contributed by atoms with Crippen LogP contribution in [-0.4, -0.2) is 11.8 Å². The summed E-state index contributed by atoms with van der Waals surface area (Å²) in [6.45, 7) is 0. The van der Waals surface area contributed by atoms with Crippen LogP contribution in [0.2, 0.25) is 20.1 Å². The number of amides is 2. The van der Waals surface area contributed by atoms with Crippen LogP contribution in [0.15, 0.2) is 72.3 Å². The first kappa shape index (κ1) is 22.2. The Bertz CT molecular complexity index is 1080. The molecule has 0 aromatic heterocycles. The maximum Gasteiger partial charge on any atom is 0.261 e. The van der Waals surface area contributed by atoms with Crippen molar-refractivity contribution < 1.29 is 9.59 Å². The van der Waals surface area contributed by atoms with Gasteiger partial charge in [-0.1, -0.05) is 76.7 Å². The highest BCUT2D eigenvalue weighted by atomic mass is 35.5. The molecule has 8 heteroatoms. The van der Waals surface area contributed by atoms with Gasteiger partial charge in [-0.15, -0.1) is 0 Å². The summed E-state index contributed by atoms with van der Waals surface area (Å²) in [6.07, 6.45) is 1.37. The van der Waals surface area contributed by atoms with Gasteiger partial charge in [-0.3, -0.25) is 9.59 Å². The first-order valence-corrected chi connectivity index (χ1v) is 10.1. The molecule has 4 nitrogen and oxygen atoms in total. The maximum atomic E-state index is 13.0. The van der Waals surface area contributed by atoms with Crippen molar-refractivity contribution in [3.63, 3.8) is 0 Å². The van der Waals surface area contributed by atoms with Gasteiger partial charge < -0.3 is 10.6 Å². The van der Waals surface area contributed by atoms with Gasteiger partial charge in [-0.2, -0.15) is 0 Å². The van der Waals surface area contributed by atoms with E-state index in [0.717, 1.165) is 0 Å². The molecule has 0 aliphatic rings. The SMILES string of the molecule is O=C(Nc1ccccc1Cl)C(=Cc1ccc(Cl)cc1Cl)C(=O)Nc1ccccc1Cl. The summed E-state index contributed by atoms with van der Waals surface area (Å²) in [6, 6.07) is 18.1. The molecule has 152 valence electrons. The fraction of sp³-hybridized carbons (Fsp3) is 0. The quantitative estimate of drug-likeness (QED) is 0.236. The van der Waals surface area contributed by atoms with Crippen LogP contribution >= 0.6 is 46.4 Å². The number of rotatable bonds is 5. The highest BCUT2D eigenvalue weighted by Crippen LogP contribution is 2.26. The monoisotopic (exact) mass is 478 g/mol. The van der Waals surface area contributed by atoms with Gasteiger partial charge in [0.2, 0.25) is 0 Å². The highest BCUT2D eigenvalue weighted by Gasteiger charge is 2.21. The zero-order valence-electron chi connectivity index (χ0n) is 15.3. The van der Waals surface area contributed by atoms with E-state index in [-0.39, 0.29) is 10.6 Å². The average Bonchev–Trinajstić information content (AvgIpc) is 2.70. The smallest absolute Gasteiger partial charge is 0.261 e. The molecule has 3 rings (SSSR count). The molecule has 0 unspecified atom stereocenters. The summed E-state index contributed by atoms with van der Waals surface area (Å²) in [5.41, 5.74) is 0.976. The Kier molecular flexibility index (Phi) is 7.40. The molecule has 0 atom stereocenters. The summed E-state index contributed by atoms with van der Waals surface area (Å²) in [7, 11) is 0. The number of hydrogen-bond donors (Lipinski definition) is 2. The fourth-order valence-electron chi connectivity index (χ4n) is 2.51. The van der Waals surface area contributed by atoms with Gasteiger partial charge in [-0.05, 0) is 48.0 Å². The second-order valence-electron chi connectivity index (χ2n) is 6.09. The first-order valence-electron chi connectivity index (χ1n) is 8.63. The van der Waals surface area contributed by atoms with E-state index in [4.69, 9.17) is 46.4 Å². The van der Waals surface area contributed by atoms with Crippen molar-refractivity contribution in [2.45, 2.75) is 0 Å². The van der Waals surface area contributed by atoms with Gasteiger partial charge in [0.15, 0.2) is 0 Å². The number of para-hydroxylation sites is 2. The summed E-state index contributed by atoms with van der Waals surface area (Å²) >= 11 is 24.4. The van der Waals surface area contributed by atoms with Crippen LogP contribution in [0.5, 0.6) is 0 Å². The number of nitrogens with one attached hydrogen (secondary N) is 2. The Labute approximate surface area is 193 Å². The molecule has 0 spiro atoms. The lowest BCUT2D eigenvalue weighted by molar-refractivity contribution is -0.118.